The average Bonchev–Trinajstić information content (AvgIpc) is 3.48. The van der Waals surface area contributed by atoms with Crippen LogP contribution in [-0.2, 0) is 41.5 Å². The molecule has 0 saturated heterocycles. The van der Waals surface area contributed by atoms with E-state index in [9.17, 15) is 40.3 Å². The van der Waals surface area contributed by atoms with E-state index in [1.165, 1.54) is 17.0 Å². The van der Waals surface area contributed by atoms with E-state index in [1.807, 2.05) is 4.57 Å². The Labute approximate surface area is 273 Å². The summed E-state index contributed by atoms with van der Waals surface area (Å²) in [6.45, 7) is 1.98. The molecule has 1 heterocycles. The van der Waals surface area contributed by atoms with Crippen molar-refractivity contribution in [3.8, 4) is 0 Å². The SMILES string of the molecule is CCOCCCN(CC(=O)N(Cc1ccccc1)Cc1cccn1Cc1ccc(F)cc1)C(=O)c1cc(C(F)(F)F)cc(C(F)(F)F)c1. The minimum Gasteiger partial charge on any atom is -0.382 e. The molecular formula is C35H34F7N3O3. The van der Waals surface area contributed by atoms with E-state index in [0.29, 0.717) is 31.0 Å². The molecule has 0 atom stereocenters. The van der Waals surface area contributed by atoms with Gasteiger partial charge in [0.05, 0.1) is 17.7 Å². The molecule has 256 valence electrons. The van der Waals surface area contributed by atoms with Gasteiger partial charge in [0.15, 0.2) is 0 Å². The molecule has 0 radical (unpaired) electrons. The van der Waals surface area contributed by atoms with E-state index in [4.69, 9.17) is 4.74 Å². The van der Waals surface area contributed by atoms with Crippen LogP contribution in [0.15, 0.2) is 91.1 Å². The van der Waals surface area contributed by atoms with E-state index >= 15 is 0 Å². The lowest BCUT2D eigenvalue weighted by Gasteiger charge is -2.29. The lowest BCUT2D eigenvalue weighted by Crippen LogP contribution is -2.43. The maximum Gasteiger partial charge on any atom is 0.416 e. The quantitative estimate of drug-likeness (QED) is 0.101. The van der Waals surface area contributed by atoms with Crippen LogP contribution in [0.4, 0.5) is 30.7 Å². The van der Waals surface area contributed by atoms with Crippen molar-refractivity contribution in [3.05, 3.63) is 130 Å². The smallest absolute Gasteiger partial charge is 0.382 e. The van der Waals surface area contributed by atoms with Crippen molar-refractivity contribution in [2.45, 2.75) is 45.3 Å². The number of alkyl halides is 6. The maximum absolute atomic E-state index is 14.0. The number of ether oxygens (including phenoxy) is 1. The number of carbonyl (C=O) groups is 2. The second-order valence-corrected chi connectivity index (χ2v) is 11.1. The van der Waals surface area contributed by atoms with Crippen LogP contribution in [-0.4, -0.2) is 52.5 Å². The highest BCUT2D eigenvalue weighted by atomic mass is 19.4. The zero-order chi connectivity index (χ0) is 34.9. The highest BCUT2D eigenvalue weighted by Crippen LogP contribution is 2.36. The molecule has 0 bridgehead atoms. The molecule has 0 fully saturated rings. The molecule has 0 N–H and O–H groups in total. The Hall–Kier alpha value is -4.65. The van der Waals surface area contributed by atoms with Gasteiger partial charge >= 0.3 is 12.4 Å². The largest absolute Gasteiger partial charge is 0.416 e. The number of hydrogen-bond donors (Lipinski definition) is 0. The van der Waals surface area contributed by atoms with Crippen molar-refractivity contribution < 1.29 is 45.1 Å². The molecule has 4 aromatic rings. The van der Waals surface area contributed by atoms with Gasteiger partial charge in [0, 0.05) is 50.3 Å². The first-order valence-electron chi connectivity index (χ1n) is 15.1. The molecule has 13 heteroatoms. The van der Waals surface area contributed by atoms with Gasteiger partial charge in [-0.3, -0.25) is 9.59 Å². The van der Waals surface area contributed by atoms with Crippen LogP contribution >= 0.6 is 0 Å². The molecule has 0 unspecified atom stereocenters. The molecule has 1 aromatic heterocycles. The van der Waals surface area contributed by atoms with Gasteiger partial charge in [0.25, 0.3) is 5.91 Å². The summed E-state index contributed by atoms with van der Waals surface area (Å²) in [7, 11) is 0. The normalized spacial score (nSPS) is 11.8. The fourth-order valence-electron chi connectivity index (χ4n) is 5.04. The van der Waals surface area contributed by atoms with Gasteiger partial charge in [0.2, 0.25) is 5.91 Å². The number of hydrogen-bond acceptors (Lipinski definition) is 3. The van der Waals surface area contributed by atoms with Gasteiger partial charge in [0.1, 0.15) is 12.4 Å². The molecule has 2 amide bonds. The fourth-order valence-corrected chi connectivity index (χ4v) is 5.04. The minimum absolute atomic E-state index is 0.0516. The molecule has 0 aliphatic rings. The predicted octanol–water partition coefficient (Wildman–Crippen LogP) is 7.81. The summed E-state index contributed by atoms with van der Waals surface area (Å²) in [4.78, 5) is 30.0. The van der Waals surface area contributed by atoms with Gasteiger partial charge in [-0.15, -0.1) is 0 Å². The Kier molecular flexibility index (Phi) is 12.0. The number of rotatable bonds is 14. The lowest BCUT2D eigenvalue weighted by atomic mass is 10.0. The zero-order valence-electron chi connectivity index (χ0n) is 26.0. The third kappa shape index (κ3) is 10.2. The number of aromatic nitrogens is 1. The molecule has 48 heavy (non-hydrogen) atoms. The van der Waals surface area contributed by atoms with Crippen LogP contribution in [0.5, 0.6) is 0 Å². The first-order chi connectivity index (χ1) is 22.7. The lowest BCUT2D eigenvalue weighted by molar-refractivity contribution is -0.143. The third-order valence-corrected chi connectivity index (χ3v) is 7.48. The van der Waals surface area contributed by atoms with Gasteiger partial charge in [-0.1, -0.05) is 42.5 Å². The monoisotopic (exact) mass is 677 g/mol. The fraction of sp³-hybridized carbons (Fsp3) is 0.314. The topological polar surface area (TPSA) is 54.8 Å². The Morgan fingerprint density at radius 3 is 2.02 bits per heavy atom. The standard InChI is InChI=1S/C35H34F7N3O3/c1-2-48-17-7-16-44(33(47)27-18-28(34(37,38)39)20-29(19-27)35(40,41)42)24-32(46)45(22-25-8-4-3-5-9-25)23-31-10-6-15-43(31)21-26-11-13-30(36)14-12-26/h3-6,8-15,18-20H,2,7,16-17,21-24H2,1H3. The summed E-state index contributed by atoms with van der Waals surface area (Å²) < 4.78 is 102. The summed E-state index contributed by atoms with van der Waals surface area (Å²) in [6.07, 6.45) is -8.33. The van der Waals surface area contributed by atoms with Gasteiger partial charge in [-0.05, 0) is 66.9 Å². The number of halogens is 7. The van der Waals surface area contributed by atoms with Crippen molar-refractivity contribution in [1.29, 1.82) is 0 Å². The number of nitrogens with zero attached hydrogens (tertiary/aromatic N) is 3. The molecule has 4 rings (SSSR count). The molecular weight excluding hydrogens is 643 g/mol. The second-order valence-electron chi connectivity index (χ2n) is 11.1. The minimum atomic E-state index is -5.15. The first-order valence-corrected chi connectivity index (χ1v) is 15.1. The van der Waals surface area contributed by atoms with Crippen molar-refractivity contribution >= 4 is 11.8 Å². The Morgan fingerprint density at radius 1 is 0.771 bits per heavy atom. The van der Waals surface area contributed by atoms with Gasteiger partial charge < -0.3 is 19.1 Å². The third-order valence-electron chi connectivity index (χ3n) is 7.48. The number of amides is 2. The molecule has 0 saturated carbocycles. The van der Waals surface area contributed by atoms with Crippen LogP contribution in [0.25, 0.3) is 0 Å². The average molecular weight is 678 g/mol. The summed E-state index contributed by atoms with van der Waals surface area (Å²) in [5.74, 6) is -2.12. The van der Waals surface area contributed by atoms with E-state index < -0.39 is 47.4 Å². The molecule has 0 spiro atoms. The van der Waals surface area contributed by atoms with E-state index in [-0.39, 0.29) is 44.5 Å². The summed E-state index contributed by atoms with van der Waals surface area (Å²) in [5, 5.41) is 0. The van der Waals surface area contributed by atoms with E-state index in [0.717, 1.165) is 16.0 Å². The molecule has 0 aliphatic carbocycles. The van der Waals surface area contributed by atoms with Crippen molar-refractivity contribution in [2.75, 3.05) is 26.3 Å². The number of benzene rings is 3. The van der Waals surface area contributed by atoms with Crippen LogP contribution in [0.2, 0.25) is 0 Å². The zero-order valence-corrected chi connectivity index (χ0v) is 26.0. The van der Waals surface area contributed by atoms with E-state index in [2.05, 4.69) is 0 Å². The Balaban J connectivity index is 1.65. The maximum atomic E-state index is 14.0. The Morgan fingerprint density at radius 2 is 1.42 bits per heavy atom. The van der Waals surface area contributed by atoms with Crippen molar-refractivity contribution in [3.63, 3.8) is 0 Å². The van der Waals surface area contributed by atoms with Gasteiger partial charge in [-0.25, -0.2) is 4.39 Å². The molecule has 3 aromatic carbocycles. The van der Waals surface area contributed by atoms with Crippen LogP contribution < -0.4 is 0 Å². The predicted molar refractivity (Wildman–Crippen MR) is 164 cm³/mol. The summed E-state index contributed by atoms with van der Waals surface area (Å²) in [6, 6.07) is 19.1. The van der Waals surface area contributed by atoms with Crippen LogP contribution in [0.1, 0.15) is 51.7 Å². The summed E-state index contributed by atoms with van der Waals surface area (Å²) in [5.41, 5.74) is -1.85. The van der Waals surface area contributed by atoms with E-state index in [1.54, 1.807) is 67.7 Å². The highest BCUT2D eigenvalue weighted by molar-refractivity contribution is 5.97. The first kappa shape index (κ1) is 36.2. The van der Waals surface area contributed by atoms with Crippen molar-refractivity contribution in [1.82, 2.24) is 14.4 Å². The highest BCUT2D eigenvalue weighted by Gasteiger charge is 2.38. The number of carbonyl (C=O) groups excluding carboxylic acids is 2. The van der Waals surface area contributed by atoms with Crippen LogP contribution in [0.3, 0.4) is 0 Å². The second kappa shape index (κ2) is 16.0. The van der Waals surface area contributed by atoms with Gasteiger partial charge in [-0.2, -0.15) is 26.3 Å². The summed E-state index contributed by atoms with van der Waals surface area (Å²) >= 11 is 0. The van der Waals surface area contributed by atoms with Crippen LogP contribution in [0, 0.1) is 5.82 Å². The Bertz CT molecular complexity index is 1620. The molecule has 6 nitrogen and oxygen atoms in total. The molecule has 0 aliphatic heterocycles. The van der Waals surface area contributed by atoms with Crippen molar-refractivity contribution in [2.24, 2.45) is 0 Å².